The highest BCUT2D eigenvalue weighted by Crippen LogP contribution is 2.33. The third-order valence-electron chi connectivity index (χ3n) is 5.34. The van der Waals surface area contributed by atoms with Crippen LogP contribution in [0.1, 0.15) is 53.0 Å². The Morgan fingerprint density at radius 2 is 1.94 bits per heavy atom. The van der Waals surface area contributed by atoms with Gasteiger partial charge in [-0.2, -0.15) is 5.10 Å². The zero-order chi connectivity index (χ0) is 24.6. The van der Waals surface area contributed by atoms with Gasteiger partial charge >= 0.3 is 5.97 Å². The molecule has 0 aliphatic rings. The smallest absolute Gasteiger partial charge is 0.348 e. The topological polar surface area (TPSA) is 77.3 Å². The summed E-state index contributed by atoms with van der Waals surface area (Å²) >= 11 is 2.75. The van der Waals surface area contributed by atoms with Crippen LogP contribution in [-0.4, -0.2) is 26.6 Å². The Balaban J connectivity index is 1.49. The molecule has 0 fully saturated rings. The van der Waals surface area contributed by atoms with Gasteiger partial charge in [-0.15, -0.1) is 22.7 Å². The van der Waals surface area contributed by atoms with Gasteiger partial charge in [0.15, 0.2) is 5.13 Å². The van der Waals surface area contributed by atoms with Crippen LogP contribution in [0.25, 0.3) is 10.2 Å². The lowest BCUT2D eigenvalue weighted by Crippen LogP contribution is -2.23. The number of esters is 1. The van der Waals surface area contributed by atoms with E-state index in [2.05, 4.69) is 23.9 Å². The standard InChI is InChI=1S/C25H28N4O3S2/c1-14(2)11-28-23-20(17(5)27-28)10-22(34-23)24(31)32-12-19-13-33-25(26-19)29(18(6)30)21-8-7-15(3)9-16(21)4/h7-10,13-14H,11-12H2,1-6H3. The summed E-state index contributed by atoms with van der Waals surface area (Å²) in [6.07, 6.45) is 0. The normalized spacial score (nSPS) is 11.4. The van der Waals surface area contributed by atoms with Crippen molar-refractivity contribution < 1.29 is 14.3 Å². The molecule has 1 amide bonds. The van der Waals surface area contributed by atoms with Crippen molar-refractivity contribution >= 4 is 55.6 Å². The van der Waals surface area contributed by atoms with E-state index in [9.17, 15) is 9.59 Å². The van der Waals surface area contributed by atoms with Crippen molar-refractivity contribution in [2.75, 3.05) is 4.90 Å². The second-order valence-electron chi connectivity index (χ2n) is 8.83. The summed E-state index contributed by atoms with van der Waals surface area (Å²) in [5.74, 6) is -0.0536. The highest BCUT2D eigenvalue weighted by molar-refractivity contribution is 7.20. The third kappa shape index (κ3) is 4.90. The maximum atomic E-state index is 12.7. The average molecular weight is 497 g/mol. The molecule has 3 aromatic heterocycles. The number of fused-ring (bicyclic) bond motifs is 1. The van der Waals surface area contributed by atoms with Gasteiger partial charge in [0, 0.05) is 24.2 Å². The fraction of sp³-hybridized carbons (Fsp3) is 0.360. The second kappa shape index (κ2) is 9.68. The number of hydrogen-bond acceptors (Lipinski definition) is 7. The maximum absolute atomic E-state index is 12.7. The van der Waals surface area contributed by atoms with Crippen LogP contribution < -0.4 is 4.90 Å². The van der Waals surface area contributed by atoms with Crippen LogP contribution in [-0.2, 0) is 22.7 Å². The number of benzene rings is 1. The Labute approximate surface area is 207 Å². The minimum Gasteiger partial charge on any atom is -0.455 e. The number of hydrogen-bond donors (Lipinski definition) is 0. The minimum absolute atomic E-state index is 0.0410. The molecule has 7 nitrogen and oxygen atoms in total. The highest BCUT2D eigenvalue weighted by atomic mass is 32.1. The molecule has 0 spiro atoms. The van der Waals surface area contributed by atoms with Gasteiger partial charge in [-0.05, 0) is 44.4 Å². The molecule has 0 saturated heterocycles. The van der Waals surface area contributed by atoms with E-state index in [0.717, 1.165) is 39.3 Å². The van der Waals surface area contributed by atoms with Gasteiger partial charge in [0.2, 0.25) is 5.91 Å². The van der Waals surface area contributed by atoms with E-state index in [1.165, 1.54) is 29.6 Å². The molecule has 0 saturated carbocycles. The van der Waals surface area contributed by atoms with Gasteiger partial charge in [-0.1, -0.05) is 31.5 Å². The number of anilines is 2. The van der Waals surface area contributed by atoms with Crippen LogP contribution in [0.2, 0.25) is 0 Å². The number of carbonyl (C=O) groups excluding carboxylic acids is 2. The molecule has 9 heteroatoms. The van der Waals surface area contributed by atoms with Gasteiger partial charge in [0.25, 0.3) is 0 Å². The summed E-state index contributed by atoms with van der Waals surface area (Å²) in [5.41, 5.74) is 4.44. The number of aromatic nitrogens is 3. The Hall–Kier alpha value is -3.04. The Bertz CT molecular complexity index is 1370. The largest absolute Gasteiger partial charge is 0.455 e. The van der Waals surface area contributed by atoms with E-state index in [1.807, 2.05) is 55.1 Å². The van der Waals surface area contributed by atoms with Crippen LogP contribution in [0, 0.1) is 26.7 Å². The van der Waals surface area contributed by atoms with Crippen LogP contribution in [0.3, 0.4) is 0 Å². The summed E-state index contributed by atoms with van der Waals surface area (Å²) in [6.45, 7) is 12.6. The molecule has 0 N–H and O–H groups in total. The van der Waals surface area contributed by atoms with Gasteiger partial charge in [0.05, 0.1) is 17.1 Å². The molecule has 0 bridgehead atoms. The second-order valence-corrected chi connectivity index (χ2v) is 10.7. The first kappa shape index (κ1) is 24.1. The number of carbonyl (C=O) groups is 2. The zero-order valence-electron chi connectivity index (χ0n) is 20.2. The molecule has 0 radical (unpaired) electrons. The Morgan fingerprint density at radius 1 is 1.18 bits per heavy atom. The first-order valence-corrected chi connectivity index (χ1v) is 12.8. The van der Waals surface area contributed by atoms with Crippen molar-refractivity contribution in [1.29, 1.82) is 0 Å². The van der Waals surface area contributed by atoms with Crippen LogP contribution in [0.4, 0.5) is 10.8 Å². The van der Waals surface area contributed by atoms with Crippen molar-refractivity contribution in [3.8, 4) is 0 Å². The molecule has 34 heavy (non-hydrogen) atoms. The predicted molar refractivity (Wildman–Crippen MR) is 137 cm³/mol. The molecule has 0 unspecified atom stereocenters. The van der Waals surface area contributed by atoms with Crippen molar-refractivity contribution in [2.45, 2.75) is 54.7 Å². The number of thiophene rings is 1. The van der Waals surface area contributed by atoms with Gasteiger partial charge in [-0.25, -0.2) is 9.78 Å². The maximum Gasteiger partial charge on any atom is 0.348 e. The van der Waals surface area contributed by atoms with Crippen molar-refractivity contribution in [3.63, 3.8) is 0 Å². The average Bonchev–Trinajstić information content (AvgIpc) is 3.46. The fourth-order valence-electron chi connectivity index (χ4n) is 3.82. The molecular formula is C25H28N4O3S2. The molecule has 178 valence electrons. The van der Waals surface area contributed by atoms with Crippen molar-refractivity contribution in [1.82, 2.24) is 14.8 Å². The monoisotopic (exact) mass is 496 g/mol. The van der Waals surface area contributed by atoms with Crippen LogP contribution >= 0.6 is 22.7 Å². The van der Waals surface area contributed by atoms with Gasteiger partial charge in [0.1, 0.15) is 16.3 Å². The molecule has 0 atom stereocenters. The summed E-state index contributed by atoms with van der Waals surface area (Å²) in [5, 5.41) is 7.94. The molecule has 0 aliphatic carbocycles. The molecule has 1 aromatic carbocycles. The number of amides is 1. The summed E-state index contributed by atoms with van der Waals surface area (Å²) in [6, 6.07) is 7.79. The molecule has 4 aromatic rings. The van der Waals surface area contributed by atoms with E-state index >= 15 is 0 Å². The molecule has 0 aliphatic heterocycles. The van der Waals surface area contributed by atoms with Crippen molar-refractivity contribution in [2.24, 2.45) is 5.92 Å². The molecular weight excluding hydrogens is 468 g/mol. The van der Waals surface area contributed by atoms with E-state index in [0.29, 0.717) is 21.6 Å². The first-order chi connectivity index (χ1) is 16.1. The van der Waals surface area contributed by atoms with E-state index in [4.69, 9.17) is 4.74 Å². The SMILES string of the molecule is CC(=O)N(c1nc(COC(=O)c2cc3c(C)nn(CC(C)C)c3s2)cs1)c1ccc(C)cc1C. The summed E-state index contributed by atoms with van der Waals surface area (Å²) < 4.78 is 7.52. The minimum atomic E-state index is -0.385. The zero-order valence-corrected chi connectivity index (χ0v) is 21.8. The summed E-state index contributed by atoms with van der Waals surface area (Å²) in [7, 11) is 0. The lowest BCUT2D eigenvalue weighted by molar-refractivity contribution is -0.115. The predicted octanol–water partition coefficient (Wildman–Crippen LogP) is 6.18. The lowest BCUT2D eigenvalue weighted by Gasteiger charge is -2.20. The van der Waals surface area contributed by atoms with Gasteiger partial charge < -0.3 is 4.74 Å². The summed E-state index contributed by atoms with van der Waals surface area (Å²) in [4.78, 5) is 32.9. The number of aryl methyl sites for hydroxylation is 3. The highest BCUT2D eigenvalue weighted by Gasteiger charge is 2.21. The number of thiazole rings is 1. The van der Waals surface area contributed by atoms with Crippen LogP contribution in [0.15, 0.2) is 29.6 Å². The van der Waals surface area contributed by atoms with E-state index in [-0.39, 0.29) is 18.5 Å². The molecule has 4 rings (SSSR count). The van der Waals surface area contributed by atoms with Gasteiger partial charge in [-0.3, -0.25) is 14.4 Å². The fourth-order valence-corrected chi connectivity index (χ4v) is 5.75. The van der Waals surface area contributed by atoms with E-state index < -0.39 is 0 Å². The van der Waals surface area contributed by atoms with Crippen molar-refractivity contribution in [3.05, 3.63) is 57.0 Å². The van der Waals surface area contributed by atoms with Crippen LogP contribution in [0.5, 0.6) is 0 Å². The lowest BCUT2D eigenvalue weighted by atomic mass is 10.1. The number of nitrogens with zero attached hydrogens (tertiary/aromatic N) is 4. The number of ether oxygens (including phenoxy) is 1. The number of rotatable bonds is 7. The quantitative estimate of drug-likeness (QED) is 0.286. The van der Waals surface area contributed by atoms with E-state index in [1.54, 1.807) is 4.90 Å². The first-order valence-electron chi connectivity index (χ1n) is 11.1. The molecule has 3 heterocycles. The Morgan fingerprint density at radius 3 is 2.62 bits per heavy atom. The Kier molecular flexibility index (Phi) is 6.86. The third-order valence-corrected chi connectivity index (χ3v) is 7.34.